The third kappa shape index (κ3) is 4.63. The van der Waals surface area contributed by atoms with Crippen LogP contribution in [0.3, 0.4) is 0 Å². The molecule has 0 bridgehead atoms. The van der Waals surface area contributed by atoms with Crippen LogP contribution in [0.1, 0.15) is 23.4 Å². The van der Waals surface area contributed by atoms with Crippen molar-refractivity contribution in [2.24, 2.45) is 0 Å². The maximum atomic E-state index is 13.0. The number of aromatic nitrogens is 4. The molecule has 2 aromatic heterocycles. The van der Waals surface area contributed by atoms with E-state index in [2.05, 4.69) is 15.5 Å². The topological polar surface area (TPSA) is 64.7 Å². The zero-order valence-electron chi connectivity index (χ0n) is 14.5. The summed E-state index contributed by atoms with van der Waals surface area (Å²) in [5, 5.41) is 11.7. The quantitative estimate of drug-likeness (QED) is 0.579. The fourth-order valence-corrected chi connectivity index (χ4v) is 3.30. The van der Waals surface area contributed by atoms with E-state index in [4.69, 9.17) is 34.8 Å². The summed E-state index contributed by atoms with van der Waals surface area (Å²) in [7, 11) is 0. The highest BCUT2D eigenvalue weighted by Crippen LogP contribution is 2.27. The Labute approximate surface area is 174 Å². The molecule has 11 heteroatoms. The number of rotatable bonds is 6. The molecule has 0 spiro atoms. The van der Waals surface area contributed by atoms with Crippen molar-refractivity contribution in [3.05, 3.63) is 62.5 Å². The maximum absolute atomic E-state index is 13.0. The Hall–Kier alpha value is -2.16. The molecule has 0 saturated carbocycles. The number of carbonyl (C=O) groups excluding carboxylic acids is 1. The van der Waals surface area contributed by atoms with Crippen LogP contribution in [-0.4, -0.2) is 25.5 Å². The summed E-state index contributed by atoms with van der Waals surface area (Å²) in [4.78, 5) is 12.2. The van der Waals surface area contributed by atoms with E-state index in [0.29, 0.717) is 21.3 Å². The molecular formula is C17H14Cl3F2N5O. The number of benzene rings is 1. The van der Waals surface area contributed by atoms with Crippen molar-refractivity contribution >= 4 is 46.5 Å². The summed E-state index contributed by atoms with van der Waals surface area (Å²) >= 11 is 18.4. The van der Waals surface area contributed by atoms with Gasteiger partial charge in [0, 0.05) is 21.8 Å². The number of hydrogen-bond donors (Lipinski definition) is 1. The number of amides is 1. The molecule has 2 heterocycles. The van der Waals surface area contributed by atoms with Crippen molar-refractivity contribution in [1.29, 1.82) is 0 Å². The lowest BCUT2D eigenvalue weighted by atomic mass is 10.2. The minimum Gasteiger partial charge on any atom is -0.306 e. The van der Waals surface area contributed by atoms with Gasteiger partial charge in [-0.15, -0.1) is 0 Å². The van der Waals surface area contributed by atoms with Crippen molar-refractivity contribution in [1.82, 2.24) is 19.6 Å². The molecule has 1 amide bonds. The number of carbonyl (C=O) groups is 1. The second-order valence-electron chi connectivity index (χ2n) is 5.94. The predicted octanol–water partition coefficient (Wildman–Crippen LogP) is 4.97. The molecule has 1 aromatic carbocycles. The standard InChI is InChI=1S/C17H14Cl3F2N5O/c1-9-5-14(16(21)22)27(24-9)8-15(28)23-17-13(20)7-26(25-17)6-10-11(18)3-2-4-12(10)19/h2-5,7,16H,6,8H2,1H3,(H,23,25,28). The molecule has 0 aliphatic carbocycles. The summed E-state index contributed by atoms with van der Waals surface area (Å²) in [5.41, 5.74) is 0.705. The van der Waals surface area contributed by atoms with Crippen molar-refractivity contribution in [2.75, 3.05) is 5.32 Å². The van der Waals surface area contributed by atoms with Gasteiger partial charge in [-0.3, -0.25) is 14.2 Å². The molecule has 0 aliphatic rings. The van der Waals surface area contributed by atoms with Gasteiger partial charge in [-0.05, 0) is 25.1 Å². The molecule has 3 rings (SSSR count). The van der Waals surface area contributed by atoms with Crippen LogP contribution in [0.4, 0.5) is 14.6 Å². The van der Waals surface area contributed by atoms with Crippen molar-refractivity contribution < 1.29 is 13.6 Å². The Morgan fingerprint density at radius 3 is 2.50 bits per heavy atom. The molecule has 0 unspecified atom stereocenters. The second-order valence-corrected chi connectivity index (χ2v) is 7.16. The molecule has 1 N–H and O–H groups in total. The fourth-order valence-electron chi connectivity index (χ4n) is 2.58. The van der Waals surface area contributed by atoms with Crippen LogP contribution < -0.4 is 5.32 Å². The van der Waals surface area contributed by atoms with Crippen LogP contribution in [0, 0.1) is 6.92 Å². The average Bonchev–Trinajstić information content (AvgIpc) is 3.13. The van der Waals surface area contributed by atoms with Gasteiger partial charge < -0.3 is 5.32 Å². The number of nitrogens with one attached hydrogen (secondary N) is 1. The van der Waals surface area contributed by atoms with Crippen molar-refractivity contribution in [3.8, 4) is 0 Å². The number of alkyl halides is 2. The van der Waals surface area contributed by atoms with Gasteiger partial charge in [-0.25, -0.2) is 8.78 Å². The van der Waals surface area contributed by atoms with E-state index in [0.717, 1.165) is 4.68 Å². The minimum atomic E-state index is -2.74. The molecule has 3 aromatic rings. The molecule has 0 radical (unpaired) electrons. The van der Waals surface area contributed by atoms with Gasteiger partial charge in [-0.2, -0.15) is 10.2 Å². The van der Waals surface area contributed by atoms with Crippen LogP contribution >= 0.6 is 34.8 Å². The van der Waals surface area contributed by atoms with Crippen molar-refractivity contribution in [2.45, 2.75) is 26.4 Å². The lowest BCUT2D eigenvalue weighted by Gasteiger charge is -2.08. The predicted molar refractivity (Wildman–Crippen MR) is 103 cm³/mol. The maximum Gasteiger partial charge on any atom is 0.280 e. The molecule has 0 atom stereocenters. The van der Waals surface area contributed by atoms with Crippen LogP contribution in [0.2, 0.25) is 15.1 Å². The third-order valence-electron chi connectivity index (χ3n) is 3.81. The van der Waals surface area contributed by atoms with Crippen LogP contribution in [-0.2, 0) is 17.9 Å². The van der Waals surface area contributed by atoms with Gasteiger partial charge in [0.15, 0.2) is 5.82 Å². The van der Waals surface area contributed by atoms with E-state index in [-0.39, 0.29) is 23.1 Å². The highest BCUT2D eigenvalue weighted by molar-refractivity contribution is 6.36. The number of halogens is 5. The largest absolute Gasteiger partial charge is 0.306 e. The van der Waals surface area contributed by atoms with Crippen molar-refractivity contribution in [3.63, 3.8) is 0 Å². The molecular weight excluding hydrogens is 435 g/mol. The fraction of sp³-hybridized carbons (Fsp3) is 0.235. The van der Waals surface area contributed by atoms with E-state index in [1.54, 1.807) is 25.1 Å². The van der Waals surface area contributed by atoms with E-state index in [9.17, 15) is 13.6 Å². The normalized spacial score (nSPS) is 11.2. The number of aryl methyl sites for hydroxylation is 1. The number of anilines is 1. The Morgan fingerprint density at radius 2 is 1.86 bits per heavy atom. The zero-order chi connectivity index (χ0) is 20.4. The first-order valence-corrected chi connectivity index (χ1v) is 9.16. The first-order valence-electron chi connectivity index (χ1n) is 8.02. The summed E-state index contributed by atoms with van der Waals surface area (Å²) in [6, 6.07) is 6.35. The highest BCUT2D eigenvalue weighted by Gasteiger charge is 2.19. The Bertz CT molecular complexity index is 998. The van der Waals surface area contributed by atoms with Crippen LogP contribution in [0.15, 0.2) is 30.5 Å². The first kappa shape index (κ1) is 20.6. The van der Waals surface area contributed by atoms with Gasteiger partial charge in [0.1, 0.15) is 17.3 Å². The van der Waals surface area contributed by atoms with Gasteiger partial charge in [0.25, 0.3) is 6.43 Å². The molecule has 0 fully saturated rings. The minimum absolute atomic E-state index is 0.0947. The Morgan fingerprint density at radius 1 is 1.18 bits per heavy atom. The smallest absolute Gasteiger partial charge is 0.280 e. The Kier molecular flexibility index (Phi) is 6.22. The van der Waals surface area contributed by atoms with Gasteiger partial charge in [0.05, 0.1) is 12.2 Å². The van der Waals surface area contributed by atoms with E-state index < -0.39 is 18.9 Å². The SMILES string of the molecule is Cc1cc(C(F)F)n(CC(=O)Nc2nn(Cc3c(Cl)cccc3Cl)cc2Cl)n1. The van der Waals surface area contributed by atoms with Crippen LogP contribution in [0.25, 0.3) is 0 Å². The zero-order valence-corrected chi connectivity index (χ0v) is 16.7. The molecule has 0 saturated heterocycles. The summed E-state index contributed by atoms with van der Waals surface area (Å²) in [5.74, 6) is -0.495. The molecule has 28 heavy (non-hydrogen) atoms. The number of hydrogen-bond acceptors (Lipinski definition) is 3. The molecule has 148 valence electrons. The Balaban J connectivity index is 1.73. The summed E-state index contributed by atoms with van der Waals surface area (Å²) in [6.45, 7) is 1.41. The van der Waals surface area contributed by atoms with E-state index in [1.165, 1.54) is 16.9 Å². The average molecular weight is 449 g/mol. The highest BCUT2D eigenvalue weighted by atomic mass is 35.5. The van der Waals surface area contributed by atoms with Gasteiger partial charge in [0.2, 0.25) is 5.91 Å². The lowest BCUT2D eigenvalue weighted by Crippen LogP contribution is -2.21. The van der Waals surface area contributed by atoms with Crippen LogP contribution in [0.5, 0.6) is 0 Å². The van der Waals surface area contributed by atoms with E-state index in [1.807, 2.05) is 0 Å². The first-order chi connectivity index (χ1) is 13.2. The monoisotopic (exact) mass is 447 g/mol. The number of nitrogens with zero attached hydrogens (tertiary/aromatic N) is 4. The third-order valence-corrected chi connectivity index (χ3v) is 4.79. The van der Waals surface area contributed by atoms with Gasteiger partial charge >= 0.3 is 0 Å². The van der Waals surface area contributed by atoms with Gasteiger partial charge in [-0.1, -0.05) is 40.9 Å². The molecule has 0 aliphatic heterocycles. The lowest BCUT2D eigenvalue weighted by molar-refractivity contribution is -0.117. The van der Waals surface area contributed by atoms with E-state index >= 15 is 0 Å². The summed E-state index contributed by atoms with van der Waals surface area (Å²) < 4.78 is 28.4. The summed E-state index contributed by atoms with van der Waals surface area (Å²) in [6.07, 6.45) is -1.24. The molecule has 6 nitrogen and oxygen atoms in total. The second kappa shape index (κ2) is 8.46.